The minimum atomic E-state index is -0.396. The van der Waals surface area contributed by atoms with Gasteiger partial charge in [-0.2, -0.15) is 0 Å². The minimum absolute atomic E-state index is 0.119. The topological polar surface area (TPSA) is 55.8 Å². The molecule has 3 rings (SSSR count). The van der Waals surface area contributed by atoms with Crippen LogP contribution in [0.5, 0.6) is 11.5 Å². The zero-order valence-corrected chi connectivity index (χ0v) is 15.4. The van der Waals surface area contributed by atoms with Crippen LogP contribution in [0.1, 0.15) is 31.8 Å². The Labute approximate surface area is 155 Å². The predicted molar refractivity (Wildman–Crippen MR) is 94.9 cm³/mol. The van der Waals surface area contributed by atoms with Gasteiger partial charge in [0.1, 0.15) is 0 Å². The first-order chi connectivity index (χ1) is 11.9. The molecule has 2 aromatic carbocycles. The second kappa shape index (κ2) is 6.58. The highest BCUT2D eigenvalue weighted by atomic mass is 35.5. The van der Waals surface area contributed by atoms with E-state index in [1.807, 2.05) is 6.92 Å². The average molecular weight is 380 g/mol. The molecular weight excluding hydrogens is 365 g/mol. The van der Waals surface area contributed by atoms with Crippen molar-refractivity contribution in [2.45, 2.75) is 13.5 Å². The third-order valence-electron chi connectivity index (χ3n) is 4.18. The second-order valence-electron chi connectivity index (χ2n) is 5.64. The van der Waals surface area contributed by atoms with Crippen LogP contribution in [0.4, 0.5) is 0 Å². The Morgan fingerprint density at radius 2 is 1.36 bits per heavy atom. The molecule has 7 heteroatoms. The van der Waals surface area contributed by atoms with Gasteiger partial charge in [-0.3, -0.25) is 14.5 Å². The first-order valence-corrected chi connectivity index (χ1v) is 8.19. The van der Waals surface area contributed by atoms with Crippen molar-refractivity contribution in [1.82, 2.24) is 4.90 Å². The Bertz CT molecular complexity index is 854. The van der Waals surface area contributed by atoms with E-state index in [4.69, 9.17) is 32.7 Å². The molecule has 2 amide bonds. The van der Waals surface area contributed by atoms with Crippen molar-refractivity contribution in [3.05, 3.63) is 56.6 Å². The van der Waals surface area contributed by atoms with Crippen LogP contribution < -0.4 is 9.47 Å². The SMILES string of the molecule is COc1cc(C)c(CN2C(=O)c3cc(Cl)c(Cl)cc3C2=O)cc1OC. The first-order valence-electron chi connectivity index (χ1n) is 7.44. The molecule has 0 N–H and O–H groups in total. The maximum atomic E-state index is 12.6. The van der Waals surface area contributed by atoms with Crippen molar-refractivity contribution in [2.24, 2.45) is 0 Å². The summed E-state index contributed by atoms with van der Waals surface area (Å²) in [6.07, 6.45) is 0. The number of nitrogens with zero attached hydrogens (tertiary/aromatic N) is 1. The lowest BCUT2D eigenvalue weighted by atomic mass is 10.1. The van der Waals surface area contributed by atoms with Gasteiger partial charge in [-0.25, -0.2) is 0 Å². The van der Waals surface area contributed by atoms with Crippen LogP contribution in [0, 0.1) is 6.92 Å². The zero-order chi connectivity index (χ0) is 18.3. The molecule has 1 heterocycles. The van der Waals surface area contributed by atoms with Crippen LogP contribution in [0.3, 0.4) is 0 Å². The number of carbonyl (C=O) groups is 2. The van der Waals surface area contributed by atoms with Crippen LogP contribution in [0.15, 0.2) is 24.3 Å². The zero-order valence-electron chi connectivity index (χ0n) is 13.9. The van der Waals surface area contributed by atoms with Crippen molar-refractivity contribution >= 4 is 35.0 Å². The Kier molecular flexibility index (Phi) is 4.62. The van der Waals surface area contributed by atoms with E-state index < -0.39 is 11.8 Å². The van der Waals surface area contributed by atoms with E-state index >= 15 is 0 Å². The summed E-state index contributed by atoms with van der Waals surface area (Å²) in [6.45, 7) is 2.00. The summed E-state index contributed by atoms with van der Waals surface area (Å²) in [7, 11) is 3.08. The Morgan fingerprint density at radius 3 is 1.84 bits per heavy atom. The van der Waals surface area contributed by atoms with E-state index in [9.17, 15) is 9.59 Å². The molecule has 25 heavy (non-hydrogen) atoms. The molecule has 0 saturated carbocycles. The van der Waals surface area contributed by atoms with Gasteiger partial charge in [-0.15, -0.1) is 0 Å². The molecule has 2 aromatic rings. The van der Waals surface area contributed by atoms with Gasteiger partial charge in [0.05, 0.1) is 41.9 Å². The second-order valence-corrected chi connectivity index (χ2v) is 6.46. The number of carbonyl (C=O) groups excluding carboxylic acids is 2. The number of ether oxygens (including phenoxy) is 2. The monoisotopic (exact) mass is 379 g/mol. The molecule has 0 bridgehead atoms. The number of amides is 2. The quantitative estimate of drug-likeness (QED) is 0.749. The maximum absolute atomic E-state index is 12.6. The summed E-state index contributed by atoms with van der Waals surface area (Å²) in [6, 6.07) is 6.43. The number of benzene rings is 2. The first kappa shape index (κ1) is 17.6. The highest BCUT2D eigenvalue weighted by Crippen LogP contribution is 2.34. The largest absolute Gasteiger partial charge is 0.493 e. The Balaban J connectivity index is 1.97. The van der Waals surface area contributed by atoms with Crippen molar-refractivity contribution < 1.29 is 19.1 Å². The Hall–Kier alpha value is -2.24. The van der Waals surface area contributed by atoms with Gasteiger partial charge in [0, 0.05) is 0 Å². The summed E-state index contributed by atoms with van der Waals surface area (Å²) in [5.74, 6) is 0.330. The fraction of sp³-hybridized carbons (Fsp3) is 0.222. The highest BCUT2D eigenvalue weighted by Gasteiger charge is 2.36. The summed E-state index contributed by atoms with van der Waals surface area (Å²) in [5, 5.41) is 0.483. The summed E-state index contributed by atoms with van der Waals surface area (Å²) < 4.78 is 10.6. The van der Waals surface area contributed by atoms with E-state index in [0.717, 1.165) is 11.1 Å². The molecule has 5 nitrogen and oxygen atoms in total. The fourth-order valence-electron chi connectivity index (χ4n) is 2.79. The van der Waals surface area contributed by atoms with Crippen LogP contribution >= 0.6 is 23.2 Å². The third-order valence-corrected chi connectivity index (χ3v) is 4.90. The summed E-state index contributed by atoms with van der Waals surface area (Å²) in [5.41, 5.74) is 2.18. The van der Waals surface area contributed by atoms with Gasteiger partial charge >= 0.3 is 0 Å². The maximum Gasteiger partial charge on any atom is 0.261 e. The standard InChI is InChI=1S/C18H15Cl2NO4/c1-9-4-15(24-2)16(25-3)5-10(9)8-21-17(22)11-6-13(19)14(20)7-12(11)18(21)23/h4-7H,8H2,1-3H3. The molecule has 1 aliphatic heterocycles. The lowest BCUT2D eigenvalue weighted by Crippen LogP contribution is -2.29. The molecule has 0 fully saturated rings. The Morgan fingerprint density at radius 1 is 0.880 bits per heavy atom. The number of aryl methyl sites for hydroxylation is 1. The van der Waals surface area contributed by atoms with Gasteiger partial charge in [0.25, 0.3) is 11.8 Å². The summed E-state index contributed by atoms with van der Waals surface area (Å²) in [4.78, 5) is 26.4. The van der Waals surface area contributed by atoms with Crippen molar-refractivity contribution in [1.29, 1.82) is 0 Å². The number of hydrogen-bond acceptors (Lipinski definition) is 4. The van der Waals surface area contributed by atoms with Crippen LogP contribution in [0.25, 0.3) is 0 Å². The van der Waals surface area contributed by atoms with Crippen molar-refractivity contribution in [3.63, 3.8) is 0 Å². The molecule has 0 saturated heterocycles. The molecule has 130 valence electrons. The van der Waals surface area contributed by atoms with Gasteiger partial charge < -0.3 is 9.47 Å². The van der Waals surface area contributed by atoms with Gasteiger partial charge in [0.15, 0.2) is 11.5 Å². The highest BCUT2D eigenvalue weighted by molar-refractivity contribution is 6.43. The van der Waals surface area contributed by atoms with Crippen LogP contribution in [-0.2, 0) is 6.54 Å². The molecule has 0 aromatic heterocycles. The lowest BCUT2D eigenvalue weighted by Gasteiger charge is -2.17. The number of hydrogen-bond donors (Lipinski definition) is 0. The molecule has 0 spiro atoms. The van der Waals surface area contributed by atoms with E-state index in [2.05, 4.69) is 0 Å². The number of rotatable bonds is 4. The van der Waals surface area contributed by atoms with Crippen molar-refractivity contribution in [2.75, 3.05) is 14.2 Å². The summed E-state index contributed by atoms with van der Waals surface area (Å²) >= 11 is 11.9. The van der Waals surface area contributed by atoms with E-state index in [1.54, 1.807) is 19.2 Å². The van der Waals surface area contributed by atoms with Crippen molar-refractivity contribution in [3.8, 4) is 11.5 Å². The van der Waals surface area contributed by atoms with E-state index in [-0.39, 0.29) is 27.7 Å². The van der Waals surface area contributed by atoms with Crippen LogP contribution in [-0.4, -0.2) is 30.9 Å². The smallest absolute Gasteiger partial charge is 0.261 e. The lowest BCUT2D eigenvalue weighted by molar-refractivity contribution is 0.0642. The van der Waals surface area contributed by atoms with Gasteiger partial charge in [0.2, 0.25) is 0 Å². The molecule has 1 aliphatic rings. The molecule has 0 atom stereocenters. The minimum Gasteiger partial charge on any atom is -0.493 e. The van der Waals surface area contributed by atoms with E-state index in [1.165, 1.54) is 24.1 Å². The predicted octanol–water partition coefficient (Wildman–Crippen LogP) is 4.12. The number of fused-ring (bicyclic) bond motifs is 1. The van der Waals surface area contributed by atoms with Gasteiger partial charge in [-0.05, 0) is 42.3 Å². The third kappa shape index (κ3) is 2.94. The average Bonchev–Trinajstić information content (AvgIpc) is 2.81. The number of methoxy groups -OCH3 is 2. The molecular formula is C18H15Cl2NO4. The van der Waals surface area contributed by atoms with Gasteiger partial charge in [-0.1, -0.05) is 23.2 Å². The fourth-order valence-corrected chi connectivity index (χ4v) is 3.12. The normalized spacial score (nSPS) is 13.2. The van der Waals surface area contributed by atoms with E-state index in [0.29, 0.717) is 11.5 Å². The molecule has 0 aliphatic carbocycles. The molecule has 0 unspecified atom stereocenters. The molecule has 0 radical (unpaired) electrons. The number of halogens is 2. The number of imide groups is 1. The van der Waals surface area contributed by atoms with Crippen LogP contribution in [0.2, 0.25) is 10.0 Å².